The van der Waals surface area contributed by atoms with Crippen LogP contribution in [0.2, 0.25) is 0 Å². The van der Waals surface area contributed by atoms with Gasteiger partial charge in [-0.15, -0.1) is 0 Å². The molecule has 0 aliphatic carbocycles. The maximum Gasteiger partial charge on any atom is 0.410 e. The molecule has 1 atom stereocenters. The van der Waals surface area contributed by atoms with Crippen molar-refractivity contribution in [2.75, 3.05) is 13.1 Å². The molecule has 1 amide bonds. The monoisotopic (exact) mass is 256 g/mol. The maximum absolute atomic E-state index is 13.1. The van der Waals surface area contributed by atoms with Crippen LogP contribution in [0, 0.1) is 0 Å². The summed E-state index contributed by atoms with van der Waals surface area (Å²) in [7, 11) is 0. The van der Waals surface area contributed by atoms with E-state index < -0.39 is 24.6 Å². The van der Waals surface area contributed by atoms with E-state index >= 15 is 0 Å². The van der Waals surface area contributed by atoms with Crippen LogP contribution in [0.15, 0.2) is 30.3 Å². The van der Waals surface area contributed by atoms with E-state index in [2.05, 4.69) is 0 Å². The van der Waals surface area contributed by atoms with Crippen molar-refractivity contribution in [3.05, 3.63) is 35.9 Å². The van der Waals surface area contributed by atoms with Crippen molar-refractivity contribution < 1.29 is 18.3 Å². The summed E-state index contributed by atoms with van der Waals surface area (Å²) in [5, 5.41) is 0. The zero-order valence-corrected chi connectivity index (χ0v) is 9.68. The van der Waals surface area contributed by atoms with Gasteiger partial charge in [0.1, 0.15) is 6.61 Å². The third kappa shape index (κ3) is 2.76. The Morgan fingerprint density at radius 1 is 1.44 bits per heavy atom. The molecule has 0 radical (unpaired) electrons. The molecule has 0 aromatic heterocycles. The van der Waals surface area contributed by atoms with Crippen LogP contribution < -0.4 is 5.73 Å². The van der Waals surface area contributed by atoms with Crippen LogP contribution in [-0.2, 0) is 11.3 Å². The second kappa shape index (κ2) is 4.89. The predicted octanol–water partition coefficient (Wildman–Crippen LogP) is 1.60. The van der Waals surface area contributed by atoms with E-state index in [9.17, 15) is 13.6 Å². The molecule has 1 aliphatic rings. The topological polar surface area (TPSA) is 55.6 Å². The highest BCUT2D eigenvalue weighted by Crippen LogP contribution is 2.26. The van der Waals surface area contributed by atoms with Gasteiger partial charge in [0.15, 0.2) is 0 Å². The minimum absolute atomic E-state index is 0.0665. The van der Waals surface area contributed by atoms with Crippen LogP contribution >= 0.6 is 0 Å². The second-order valence-electron chi connectivity index (χ2n) is 4.29. The average Bonchev–Trinajstić information content (AvgIpc) is 2.62. The summed E-state index contributed by atoms with van der Waals surface area (Å²) in [4.78, 5) is 12.5. The minimum atomic E-state index is -3.04. The van der Waals surface area contributed by atoms with Gasteiger partial charge < -0.3 is 15.4 Å². The van der Waals surface area contributed by atoms with Crippen molar-refractivity contribution in [2.24, 2.45) is 5.73 Å². The van der Waals surface area contributed by atoms with Gasteiger partial charge in [0, 0.05) is 6.54 Å². The first-order valence-corrected chi connectivity index (χ1v) is 5.58. The molecule has 2 rings (SSSR count). The number of amides is 1. The van der Waals surface area contributed by atoms with E-state index in [1.54, 1.807) is 12.1 Å². The van der Waals surface area contributed by atoms with Gasteiger partial charge in [0.05, 0.1) is 12.6 Å². The van der Waals surface area contributed by atoms with E-state index in [0.717, 1.165) is 10.5 Å². The van der Waals surface area contributed by atoms with Gasteiger partial charge in [-0.1, -0.05) is 30.3 Å². The summed E-state index contributed by atoms with van der Waals surface area (Å²) in [6.07, 6.45) is -0.758. The molecule has 0 saturated carbocycles. The number of nitrogens with zero attached hydrogens (tertiary/aromatic N) is 1. The highest BCUT2D eigenvalue weighted by atomic mass is 19.3. The smallest absolute Gasteiger partial charge is 0.410 e. The van der Waals surface area contributed by atoms with Gasteiger partial charge in [-0.25, -0.2) is 13.6 Å². The summed E-state index contributed by atoms with van der Waals surface area (Å²) < 4.78 is 31.2. The SMILES string of the molecule is NC1CN(C(=O)OCc2ccccc2)CC1(F)F. The summed E-state index contributed by atoms with van der Waals surface area (Å²) in [5.74, 6) is -3.04. The van der Waals surface area contributed by atoms with Gasteiger partial charge in [-0.05, 0) is 5.56 Å². The van der Waals surface area contributed by atoms with Crippen LogP contribution in [0.1, 0.15) is 5.56 Å². The first-order chi connectivity index (χ1) is 8.49. The Kier molecular flexibility index (Phi) is 3.47. The van der Waals surface area contributed by atoms with Crippen molar-refractivity contribution in [1.29, 1.82) is 0 Å². The summed E-state index contributed by atoms with van der Waals surface area (Å²) in [6.45, 7) is -0.792. The number of likely N-dealkylation sites (tertiary alicyclic amines) is 1. The summed E-state index contributed by atoms with van der Waals surface area (Å²) in [5.41, 5.74) is 6.06. The quantitative estimate of drug-likeness (QED) is 0.874. The molecule has 1 saturated heterocycles. The predicted molar refractivity (Wildman–Crippen MR) is 61.1 cm³/mol. The molecule has 1 aliphatic heterocycles. The maximum atomic E-state index is 13.1. The van der Waals surface area contributed by atoms with Crippen LogP contribution in [0.4, 0.5) is 13.6 Å². The van der Waals surface area contributed by atoms with Gasteiger partial charge in [-0.3, -0.25) is 0 Å². The van der Waals surface area contributed by atoms with Crippen LogP contribution in [0.25, 0.3) is 0 Å². The van der Waals surface area contributed by atoms with Crippen LogP contribution in [-0.4, -0.2) is 36.0 Å². The lowest BCUT2D eigenvalue weighted by molar-refractivity contribution is -0.00186. The Balaban J connectivity index is 1.87. The third-order valence-electron chi connectivity index (χ3n) is 2.82. The molecule has 0 spiro atoms. The summed E-state index contributed by atoms with van der Waals surface area (Å²) in [6, 6.07) is 7.72. The first kappa shape index (κ1) is 12.8. The van der Waals surface area contributed by atoms with E-state index in [1.807, 2.05) is 18.2 Å². The van der Waals surface area contributed by atoms with E-state index in [4.69, 9.17) is 10.5 Å². The minimum Gasteiger partial charge on any atom is -0.445 e. The molecule has 1 unspecified atom stereocenters. The van der Waals surface area contributed by atoms with E-state index in [-0.39, 0.29) is 13.2 Å². The fourth-order valence-electron chi connectivity index (χ4n) is 1.76. The zero-order valence-electron chi connectivity index (χ0n) is 9.68. The lowest BCUT2D eigenvalue weighted by Gasteiger charge is -2.15. The highest BCUT2D eigenvalue weighted by molar-refractivity contribution is 5.68. The van der Waals surface area contributed by atoms with Crippen LogP contribution in [0.5, 0.6) is 0 Å². The number of benzene rings is 1. The number of carbonyl (C=O) groups excluding carboxylic acids is 1. The fourth-order valence-corrected chi connectivity index (χ4v) is 1.76. The Hall–Kier alpha value is -1.69. The number of carbonyl (C=O) groups is 1. The van der Waals surface area contributed by atoms with Crippen molar-refractivity contribution in [3.8, 4) is 0 Å². The normalized spacial score (nSPS) is 21.9. The molecule has 4 nitrogen and oxygen atoms in total. The number of halogens is 2. The van der Waals surface area contributed by atoms with Crippen LogP contribution in [0.3, 0.4) is 0 Å². The Bertz CT molecular complexity index is 425. The Morgan fingerprint density at radius 3 is 2.67 bits per heavy atom. The first-order valence-electron chi connectivity index (χ1n) is 5.58. The highest BCUT2D eigenvalue weighted by Gasteiger charge is 2.48. The standard InChI is InChI=1S/C12H14F2N2O2/c13-12(14)8-16(6-10(12)15)11(17)18-7-9-4-2-1-3-5-9/h1-5,10H,6-8,15H2. The lowest BCUT2D eigenvalue weighted by Crippen LogP contribution is -2.38. The van der Waals surface area contributed by atoms with Crippen molar-refractivity contribution >= 4 is 6.09 Å². The van der Waals surface area contributed by atoms with Crippen molar-refractivity contribution in [2.45, 2.75) is 18.6 Å². The van der Waals surface area contributed by atoms with Gasteiger partial charge in [0.2, 0.25) is 0 Å². The molecule has 1 fully saturated rings. The van der Waals surface area contributed by atoms with Gasteiger partial charge in [0.25, 0.3) is 5.92 Å². The largest absolute Gasteiger partial charge is 0.445 e. The molecular formula is C12H14F2N2O2. The molecule has 18 heavy (non-hydrogen) atoms. The molecule has 1 aromatic rings. The number of hydrogen-bond acceptors (Lipinski definition) is 3. The van der Waals surface area contributed by atoms with Gasteiger partial charge in [-0.2, -0.15) is 0 Å². The number of ether oxygens (including phenoxy) is 1. The molecule has 2 N–H and O–H groups in total. The summed E-state index contributed by atoms with van der Waals surface area (Å²) >= 11 is 0. The average molecular weight is 256 g/mol. The molecular weight excluding hydrogens is 242 g/mol. The Morgan fingerprint density at radius 2 is 2.11 bits per heavy atom. The molecule has 6 heteroatoms. The fraction of sp³-hybridized carbons (Fsp3) is 0.417. The second-order valence-corrected chi connectivity index (χ2v) is 4.29. The van der Waals surface area contributed by atoms with Gasteiger partial charge >= 0.3 is 6.09 Å². The number of hydrogen-bond donors (Lipinski definition) is 1. The van der Waals surface area contributed by atoms with E-state index in [1.165, 1.54) is 0 Å². The molecule has 0 bridgehead atoms. The Labute approximate surface area is 103 Å². The number of rotatable bonds is 2. The van der Waals surface area contributed by atoms with E-state index in [0.29, 0.717) is 0 Å². The molecule has 98 valence electrons. The number of alkyl halides is 2. The molecule has 1 heterocycles. The third-order valence-corrected chi connectivity index (χ3v) is 2.82. The van der Waals surface area contributed by atoms with Crippen molar-refractivity contribution in [3.63, 3.8) is 0 Å². The zero-order chi connectivity index (χ0) is 13.2. The molecule has 1 aromatic carbocycles. The lowest BCUT2D eigenvalue weighted by atomic mass is 10.2. The number of nitrogens with two attached hydrogens (primary N) is 1. The van der Waals surface area contributed by atoms with Crippen molar-refractivity contribution in [1.82, 2.24) is 4.90 Å².